The summed E-state index contributed by atoms with van der Waals surface area (Å²) in [6.07, 6.45) is 0.203. The molecule has 162 valence electrons. The number of alkyl halides is 3. The minimum Gasteiger partial charge on any atom is -0.396 e. The number of nitrogens with zero attached hydrogens (tertiary/aromatic N) is 5. The average molecular weight is 431 g/mol. The van der Waals surface area contributed by atoms with Crippen LogP contribution < -0.4 is 4.90 Å². The third-order valence-electron chi connectivity index (χ3n) is 6.31. The molecule has 2 saturated heterocycles. The molecule has 2 atom stereocenters. The second-order valence-corrected chi connectivity index (χ2v) is 8.03. The van der Waals surface area contributed by atoms with Crippen LogP contribution in [0, 0.1) is 22.7 Å². The second-order valence-electron chi connectivity index (χ2n) is 8.03. The normalized spacial score (nSPS) is 23.4. The van der Waals surface area contributed by atoms with Gasteiger partial charge in [-0.3, -0.25) is 9.78 Å². The number of anilines is 1. The van der Waals surface area contributed by atoms with Crippen LogP contribution in [0.1, 0.15) is 28.0 Å². The van der Waals surface area contributed by atoms with E-state index < -0.39 is 22.7 Å². The predicted octanol–water partition coefficient (Wildman–Crippen LogP) is 2.33. The number of amides is 1. The smallest absolute Gasteiger partial charge is 0.396 e. The van der Waals surface area contributed by atoms with Crippen molar-refractivity contribution < 1.29 is 23.1 Å². The number of benzene rings is 1. The molecular formula is C21H20F3N5O2. The Kier molecular flexibility index (Phi) is 5.31. The van der Waals surface area contributed by atoms with Crippen molar-refractivity contribution in [1.29, 1.82) is 5.26 Å². The largest absolute Gasteiger partial charge is 0.417 e. The topological polar surface area (TPSA) is 93.4 Å². The lowest BCUT2D eigenvalue weighted by atomic mass is 9.73. The average Bonchev–Trinajstić information content (AvgIpc) is 3.17. The van der Waals surface area contributed by atoms with Crippen molar-refractivity contribution in [3.05, 3.63) is 53.6 Å². The zero-order chi connectivity index (χ0) is 22.2. The third-order valence-corrected chi connectivity index (χ3v) is 6.31. The van der Waals surface area contributed by atoms with E-state index in [2.05, 4.69) is 9.97 Å². The fourth-order valence-corrected chi connectivity index (χ4v) is 4.55. The molecule has 1 aromatic carbocycles. The fourth-order valence-electron chi connectivity index (χ4n) is 4.55. The lowest BCUT2D eigenvalue weighted by Gasteiger charge is -2.42. The van der Waals surface area contributed by atoms with Crippen LogP contribution >= 0.6 is 0 Å². The highest BCUT2D eigenvalue weighted by Crippen LogP contribution is 2.45. The molecule has 3 heterocycles. The molecule has 0 radical (unpaired) electrons. The molecule has 0 aliphatic carbocycles. The molecule has 0 unspecified atom stereocenters. The molecule has 2 aromatic rings. The maximum absolute atomic E-state index is 13.4. The summed E-state index contributed by atoms with van der Waals surface area (Å²) in [5.74, 6) is -0.368. The number of aliphatic hydroxyl groups is 1. The quantitative estimate of drug-likeness (QED) is 0.802. The van der Waals surface area contributed by atoms with Crippen molar-refractivity contribution in [2.24, 2.45) is 11.3 Å². The molecule has 31 heavy (non-hydrogen) atoms. The molecule has 4 rings (SSSR count). The van der Waals surface area contributed by atoms with Gasteiger partial charge < -0.3 is 14.9 Å². The first-order valence-corrected chi connectivity index (χ1v) is 9.80. The van der Waals surface area contributed by atoms with Crippen molar-refractivity contribution in [3.63, 3.8) is 0 Å². The van der Waals surface area contributed by atoms with Gasteiger partial charge in [0.05, 0.1) is 30.0 Å². The minimum atomic E-state index is -4.64. The van der Waals surface area contributed by atoms with Gasteiger partial charge in [0.1, 0.15) is 5.69 Å². The Morgan fingerprint density at radius 3 is 2.77 bits per heavy atom. The maximum Gasteiger partial charge on any atom is 0.417 e. The SMILES string of the molecule is N#Cc1ccc(N2C[C@H]3CN(C(=O)c4cnccn4)CC[C@@]3(CO)C2)cc1C(F)(F)F. The number of aliphatic hydroxyl groups excluding tert-OH is 1. The molecule has 2 fully saturated rings. The third kappa shape index (κ3) is 3.81. The van der Waals surface area contributed by atoms with Crippen molar-refractivity contribution in [1.82, 2.24) is 14.9 Å². The van der Waals surface area contributed by atoms with Gasteiger partial charge in [-0.2, -0.15) is 18.4 Å². The van der Waals surface area contributed by atoms with E-state index in [0.717, 1.165) is 6.07 Å². The van der Waals surface area contributed by atoms with Gasteiger partial charge in [0.15, 0.2) is 0 Å². The van der Waals surface area contributed by atoms with E-state index >= 15 is 0 Å². The van der Waals surface area contributed by atoms with Crippen molar-refractivity contribution >= 4 is 11.6 Å². The number of halogens is 3. The zero-order valence-electron chi connectivity index (χ0n) is 16.5. The van der Waals surface area contributed by atoms with Crippen LogP contribution in [-0.4, -0.2) is 58.7 Å². The molecule has 7 nitrogen and oxygen atoms in total. The van der Waals surface area contributed by atoms with Crippen LogP contribution in [0.15, 0.2) is 36.8 Å². The number of likely N-dealkylation sites (tertiary alicyclic amines) is 1. The van der Waals surface area contributed by atoms with Gasteiger partial charge in [-0.25, -0.2) is 4.98 Å². The summed E-state index contributed by atoms with van der Waals surface area (Å²) in [6.45, 7) is 1.44. The van der Waals surface area contributed by atoms with E-state index in [4.69, 9.17) is 5.26 Å². The van der Waals surface area contributed by atoms with Gasteiger partial charge >= 0.3 is 6.18 Å². The first kappa shape index (κ1) is 21.1. The van der Waals surface area contributed by atoms with Crippen molar-refractivity contribution in [3.8, 4) is 6.07 Å². The summed E-state index contributed by atoms with van der Waals surface area (Å²) in [6, 6.07) is 5.25. The summed E-state index contributed by atoms with van der Waals surface area (Å²) in [7, 11) is 0. The molecule has 1 aromatic heterocycles. The van der Waals surface area contributed by atoms with Crippen LogP contribution in [0.25, 0.3) is 0 Å². The Morgan fingerprint density at radius 2 is 2.13 bits per heavy atom. The Bertz CT molecular complexity index is 1020. The summed E-state index contributed by atoms with van der Waals surface area (Å²) >= 11 is 0. The summed E-state index contributed by atoms with van der Waals surface area (Å²) in [4.78, 5) is 24.2. The summed E-state index contributed by atoms with van der Waals surface area (Å²) in [5, 5.41) is 19.2. The number of hydrogen-bond donors (Lipinski definition) is 1. The lowest BCUT2D eigenvalue weighted by Crippen LogP contribution is -2.50. The predicted molar refractivity (Wildman–Crippen MR) is 104 cm³/mol. The number of hydrogen-bond acceptors (Lipinski definition) is 6. The van der Waals surface area contributed by atoms with Crippen LogP contribution in [-0.2, 0) is 6.18 Å². The first-order chi connectivity index (χ1) is 14.8. The highest BCUT2D eigenvalue weighted by Gasteiger charge is 2.50. The number of carbonyl (C=O) groups excluding carboxylic acids is 1. The standard InChI is InChI=1S/C21H20F3N5O2/c22-21(23,24)17-7-16(2-1-14(17)8-25)29-11-15-10-28(6-3-20(15,12-29)13-30)19(31)18-9-26-4-5-27-18/h1-2,4-5,7,9,15,30H,3,6,10-13H2/t15-,20+/m1/s1. The van der Waals surface area contributed by atoms with E-state index in [0.29, 0.717) is 38.3 Å². The zero-order valence-corrected chi connectivity index (χ0v) is 16.5. The number of aromatic nitrogens is 2. The highest BCUT2D eigenvalue weighted by molar-refractivity contribution is 5.92. The minimum absolute atomic E-state index is 0.114. The maximum atomic E-state index is 13.4. The Labute approximate surface area is 176 Å². The number of piperidine rings is 1. The number of fused-ring (bicyclic) bond motifs is 1. The van der Waals surface area contributed by atoms with E-state index in [1.54, 1.807) is 15.9 Å². The van der Waals surface area contributed by atoms with Crippen LogP contribution in [0.2, 0.25) is 0 Å². The molecule has 10 heteroatoms. The molecule has 0 spiro atoms. The summed E-state index contributed by atoms with van der Waals surface area (Å²) in [5.41, 5.74) is -1.33. The molecule has 2 aliphatic heterocycles. The van der Waals surface area contributed by atoms with Gasteiger partial charge in [-0.05, 0) is 24.6 Å². The lowest BCUT2D eigenvalue weighted by molar-refractivity contribution is -0.137. The van der Waals surface area contributed by atoms with Crippen molar-refractivity contribution in [2.75, 3.05) is 37.7 Å². The van der Waals surface area contributed by atoms with E-state index in [1.807, 2.05) is 0 Å². The van der Waals surface area contributed by atoms with Crippen LogP contribution in [0.3, 0.4) is 0 Å². The molecule has 2 aliphatic rings. The summed E-state index contributed by atoms with van der Waals surface area (Å²) < 4.78 is 40.1. The first-order valence-electron chi connectivity index (χ1n) is 9.80. The van der Waals surface area contributed by atoms with Gasteiger partial charge in [-0.15, -0.1) is 0 Å². The monoisotopic (exact) mass is 431 g/mol. The van der Waals surface area contributed by atoms with Gasteiger partial charge in [-0.1, -0.05) is 0 Å². The molecule has 1 amide bonds. The van der Waals surface area contributed by atoms with Crippen LogP contribution in [0.4, 0.5) is 18.9 Å². The number of rotatable bonds is 3. The molecule has 1 N–H and O–H groups in total. The van der Waals surface area contributed by atoms with Crippen LogP contribution in [0.5, 0.6) is 0 Å². The Morgan fingerprint density at radius 1 is 1.32 bits per heavy atom. The van der Waals surface area contributed by atoms with Gasteiger partial charge in [0.2, 0.25) is 0 Å². The molecular weight excluding hydrogens is 411 g/mol. The second kappa shape index (κ2) is 7.81. The fraction of sp³-hybridized carbons (Fsp3) is 0.429. The van der Waals surface area contributed by atoms with E-state index in [-0.39, 0.29) is 24.1 Å². The highest BCUT2D eigenvalue weighted by atomic mass is 19.4. The number of nitriles is 1. The number of carbonyl (C=O) groups is 1. The van der Waals surface area contributed by atoms with Gasteiger partial charge in [0.25, 0.3) is 5.91 Å². The Hall–Kier alpha value is -3.19. The molecule has 0 saturated carbocycles. The van der Waals surface area contributed by atoms with E-state index in [1.165, 1.54) is 30.7 Å². The Balaban J connectivity index is 1.58. The molecule has 0 bridgehead atoms. The van der Waals surface area contributed by atoms with Crippen molar-refractivity contribution in [2.45, 2.75) is 12.6 Å². The van der Waals surface area contributed by atoms with Gasteiger partial charge in [0, 0.05) is 55.6 Å². The van der Waals surface area contributed by atoms with E-state index in [9.17, 15) is 23.1 Å².